The summed E-state index contributed by atoms with van der Waals surface area (Å²) < 4.78 is 66.5. The number of hydrogen-bond acceptors (Lipinski definition) is 4. The molecule has 3 rings (SSSR count). The number of thioether (sulfide) groups is 1. The molecule has 2 aromatic rings. The van der Waals surface area contributed by atoms with Crippen molar-refractivity contribution < 1.29 is 26.4 Å². The topological polar surface area (TPSA) is 66.5 Å². The molecule has 0 bridgehead atoms. The number of halogens is 3. The van der Waals surface area contributed by atoms with Gasteiger partial charge in [-0.05, 0) is 43.2 Å². The Balaban J connectivity index is 1.87. The van der Waals surface area contributed by atoms with Crippen LogP contribution < -0.4 is 5.32 Å². The van der Waals surface area contributed by atoms with E-state index in [-0.39, 0.29) is 27.9 Å². The van der Waals surface area contributed by atoms with Gasteiger partial charge in [0.05, 0.1) is 5.69 Å². The summed E-state index contributed by atoms with van der Waals surface area (Å²) in [7, 11) is -4.07. The second-order valence-electron chi connectivity index (χ2n) is 6.44. The summed E-state index contributed by atoms with van der Waals surface area (Å²) >= 11 is 0.280. The van der Waals surface area contributed by atoms with Gasteiger partial charge >= 0.3 is 0 Å². The molecule has 0 spiro atoms. The summed E-state index contributed by atoms with van der Waals surface area (Å²) in [6.45, 7) is 0.604. The highest BCUT2D eigenvalue weighted by atomic mass is 32.2. The molecular formula is C19H19F3N2O3S2. The fourth-order valence-corrected chi connectivity index (χ4v) is 5.25. The van der Waals surface area contributed by atoms with Crippen LogP contribution in [0.3, 0.4) is 0 Å². The predicted octanol–water partition coefficient (Wildman–Crippen LogP) is 4.57. The van der Waals surface area contributed by atoms with Crippen molar-refractivity contribution in [2.45, 2.75) is 34.8 Å². The lowest BCUT2D eigenvalue weighted by Crippen LogP contribution is -2.36. The van der Waals surface area contributed by atoms with Crippen molar-refractivity contribution in [3.8, 4) is 0 Å². The first-order valence-electron chi connectivity index (χ1n) is 8.94. The normalized spacial score (nSPS) is 15.4. The average Bonchev–Trinajstić information content (AvgIpc) is 2.70. The van der Waals surface area contributed by atoms with Crippen LogP contribution >= 0.6 is 11.8 Å². The molecule has 10 heteroatoms. The molecule has 0 unspecified atom stereocenters. The number of benzene rings is 2. The quantitative estimate of drug-likeness (QED) is 0.663. The maximum atomic E-state index is 14.3. The van der Waals surface area contributed by atoms with E-state index in [2.05, 4.69) is 5.32 Å². The van der Waals surface area contributed by atoms with Gasteiger partial charge in [0.25, 0.3) is 11.7 Å². The first kappa shape index (κ1) is 21.7. The second kappa shape index (κ2) is 9.19. The van der Waals surface area contributed by atoms with Gasteiger partial charge in [-0.1, -0.05) is 30.3 Å². The summed E-state index contributed by atoms with van der Waals surface area (Å²) in [5.74, 6) is -4.33. The molecule has 2 aromatic carbocycles. The van der Waals surface area contributed by atoms with E-state index in [1.165, 1.54) is 16.4 Å². The molecule has 1 aliphatic rings. The highest BCUT2D eigenvalue weighted by Crippen LogP contribution is 2.32. The van der Waals surface area contributed by atoms with Gasteiger partial charge < -0.3 is 5.32 Å². The molecule has 5 nitrogen and oxygen atoms in total. The van der Waals surface area contributed by atoms with Crippen molar-refractivity contribution in [3.05, 3.63) is 53.8 Å². The van der Waals surface area contributed by atoms with Crippen molar-refractivity contribution in [3.63, 3.8) is 0 Å². The Kier molecular flexibility index (Phi) is 6.86. The van der Waals surface area contributed by atoms with Crippen LogP contribution in [-0.2, 0) is 10.0 Å². The third kappa shape index (κ3) is 5.12. The minimum Gasteiger partial charge on any atom is -0.321 e. The van der Waals surface area contributed by atoms with Crippen LogP contribution in [0.4, 0.5) is 18.9 Å². The number of nitrogens with zero attached hydrogens (tertiary/aromatic N) is 1. The Morgan fingerprint density at radius 3 is 2.45 bits per heavy atom. The molecule has 1 saturated heterocycles. The standard InChI is InChI=1S/C19H19F3N2O3S2/c20-14-9-8-13(12-17(14)29(26,27)24-10-4-1-5-11-24)18(25)23-15-6-2-3-7-16(15)28-19(21)22/h2-3,6-9,12,19H,1,4-5,10-11H2,(H,23,25). The monoisotopic (exact) mass is 444 g/mol. The number of sulfonamides is 1. The zero-order valence-corrected chi connectivity index (χ0v) is 16.9. The highest BCUT2D eigenvalue weighted by Gasteiger charge is 2.29. The number of carbonyl (C=O) groups is 1. The van der Waals surface area contributed by atoms with E-state index in [4.69, 9.17) is 0 Å². The third-order valence-corrected chi connectivity index (χ3v) is 7.18. The second-order valence-corrected chi connectivity index (χ2v) is 9.38. The fraction of sp³-hybridized carbons (Fsp3) is 0.316. The van der Waals surface area contributed by atoms with Crippen LogP contribution in [0.2, 0.25) is 0 Å². The number of anilines is 1. The molecule has 1 heterocycles. The van der Waals surface area contributed by atoms with Gasteiger partial charge in [-0.2, -0.15) is 13.1 Å². The van der Waals surface area contributed by atoms with E-state index < -0.39 is 32.4 Å². The van der Waals surface area contributed by atoms with Crippen molar-refractivity contribution >= 4 is 33.4 Å². The van der Waals surface area contributed by atoms with E-state index >= 15 is 0 Å². The predicted molar refractivity (Wildman–Crippen MR) is 105 cm³/mol. The van der Waals surface area contributed by atoms with Crippen LogP contribution in [0.5, 0.6) is 0 Å². The highest BCUT2D eigenvalue weighted by molar-refractivity contribution is 7.99. The minimum atomic E-state index is -4.07. The van der Waals surface area contributed by atoms with Gasteiger partial charge in [-0.15, -0.1) is 0 Å². The molecule has 0 aliphatic carbocycles. The van der Waals surface area contributed by atoms with Crippen LogP contribution in [0.1, 0.15) is 29.6 Å². The molecule has 1 amide bonds. The lowest BCUT2D eigenvalue weighted by Gasteiger charge is -2.26. The third-order valence-electron chi connectivity index (χ3n) is 4.48. The lowest BCUT2D eigenvalue weighted by atomic mass is 10.2. The number of para-hydroxylation sites is 1. The molecule has 0 atom stereocenters. The Hall–Kier alpha value is -2.04. The number of hydrogen-bond donors (Lipinski definition) is 1. The largest absolute Gasteiger partial charge is 0.321 e. The van der Waals surface area contributed by atoms with Gasteiger partial charge in [0.2, 0.25) is 10.0 Å². The molecule has 0 aromatic heterocycles. The van der Waals surface area contributed by atoms with E-state index in [9.17, 15) is 26.4 Å². The Morgan fingerprint density at radius 2 is 1.76 bits per heavy atom. The Labute approximate surface area is 171 Å². The van der Waals surface area contributed by atoms with E-state index in [0.717, 1.165) is 24.6 Å². The number of carbonyl (C=O) groups excluding carboxylic acids is 1. The number of piperidine rings is 1. The van der Waals surface area contributed by atoms with Gasteiger partial charge in [0, 0.05) is 23.5 Å². The minimum absolute atomic E-state index is 0.0844. The van der Waals surface area contributed by atoms with Gasteiger partial charge in [-0.3, -0.25) is 4.79 Å². The zero-order valence-electron chi connectivity index (χ0n) is 15.3. The van der Waals surface area contributed by atoms with Crippen molar-refractivity contribution in [2.75, 3.05) is 18.4 Å². The maximum Gasteiger partial charge on any atom is 0.288 e. The Morgan fingerprint density at radius 1 is 1.07 bits per heavy atom. The summed E-state index contributed by atoms with van der Waals surface area (Å²) in [4.78, 5) is 12.2. The smallest absolute Gasteiger partial charge is 0.288 e. The molecular weight excluding hydrogens is 425 g/mol. The van der Waals surface area contributed by atoms with Crippen LogP contribution in [-0.4, -0.2) is 37.5 Å². The van der Waals surface area contributed by atoms with E-state index in [0.29, 0.717) is 25.9 Å². The molecule has 1 aliphatic heterocycles. The number of alkyl halides is 2. The Bertz CT molecular complexity index is 994. The van der Waals surface area contributed by atoms with Crippen molar-refractivity contribution in [1.29, 1.82) is 0 Å². The van der Waals surface area contributed by atoms with Crippen LogP contribution in [0.15, 0.2) is 52.3 Å². The molecule has 1 N–H and O–H groups in total. The molecule has 0 saturated carbocycles. The van der Waals surface area contributed by atoms with Crippen LogP contribution in [0.25, 0.3) is 0 Å². The van der Waals surface area contributed by atoms with E-state index in [1.54, 1.807) is 12.1 Å². The average molecular weight is 445 g/mol. The summed E-state index contributed by atoms with van der Waals surface area (Å²) in [5, 5.41) is 2.49. The molecule has 0 radical (unpaired) electrons. The fourth-order valence-electron chi connectivity index (χ4n) is 3.05. The summed E-state index contributed by atoms with van der Waals surface area (Å²) in [6.07, 6.45) is 2.30. The zero-order chi connectivity index (χ0) is 21.0. The molecule has 1 fully saturated rings. The first-order valence-corrected chi connectivity index (χ1v) is 11.3. The molecule has 29 heavy (non-hydrogen) atoms. The maximum absolute atomic E-state index is 14.3. The van der Waals surface area contributed by atoms with Gasteiger partial charge in [0.1, 0.15) is 10.7 Å². The van der Waals surface area contributed by atoms with Gasteiger partial charge in [0.15, 0.2) is 0 Å². The van der Waals surface area contributed by atoms with Crippen LogP contribution in [0, 0.1) is 5.82 Å². The summed E-state index contributed by atoms with van der Waals surface area (Å²) in [6, 6.07) is 9.08. The number of amides is 1. The van der Waals surface area contributed by atoms with Gasteiger partial charge in [-0.25, -0.2) is 12.8 Å². The SMILES string of the molecule is O=C(Nc1ccccc1SC(F)F)c1ccc(F)c(S(=O)(=O)N2CCCCC2)c1. The molecule has 156 valence electrons. The lowest BCUT2D eigenvalue weighted by molar-refractivity contribution is 0.102. The number of rotatable bonds is 6. The number of nitrogens with one attached hydrogen (secondary N) is 1. The summed E-state index contributed by atoms with van der Waals surface area (Å²) in [5.41, 5.74) is 0.0754. The van der Waals surface area contributed by atoms with Crippen molar-refractivity contribution in [2.24, 2.45) is 0 Å². The van der Waals surface area contributed by atoms with E-state index in [1.807, 2.05) is 0 Å². The first-order chi connectivity index (χ1) is 13.8. The van der Waals surface area contributed by atoms with Crippen molar-refractivity contribution in [1.82, 2.24) is 4.31 Å².